The molecule has 0 radical (unpaired) electrons. The van der Waals surface area contributed by atoms with E-state index in [0.717, 1.165) is 5.56 Å². The second kappa shape index (κ2) is 4.53. The Hall–Kier alpha value is -2.00. The Balaban J connectivity index is 2.27. The van der Waals surface area contributed by atoms with Crippen LogP contribution < -0.4 is 0 Å². The zero-order valence-corrected chi connectivity index (χ0v) is 12.2. The molecule has 0 atom stereocenters. The number of rotatable bonds is 2. The van der Waals surface area contributed by atoms with Gasteiger partial charge in [0.1, 0.15) is 0 Å². The third kappa shape index (κ3) is 1.56. The zero-order valence-electron chi connectivity index (χ0n) is 10.6. The molecule has 2 aromatic carbocycles. The highest BCUT2D eigenvalue weighted by molar-refractivity contribution is 9.10. The molecular formula is C17H11BrO2. The van der Waals surface area contributed by atoms with E-state index in [1.165, 1.54) is 0 Å². The minimum atomic E-state index is -1.33. The van der Waals surface area contributed by atoms with Gasteiger partial charge in [-0.05, 0) is 11.1 Å². The lowest BCUT2D eigenvalue weighted by Gasteiger charge is -2.21. The molecule has 0 unspecified atom stereocenters. The van der Waals surface area contributed by atoms with Crippen molar-refractivity contribution in [2.45, 2.75) is 4.32 Å². The van der Waals surface area contributed by atoms with E-state index in [0.29, 0.717) is 16.7 Å². The number of ketones is 2. The van der Waals surface area contributed by atoms with Crippen LogP contribution in [0.25, 0.3) is 6.08 Å². The van der Waals surface area contributed by atoms with Gasteiger partial charge in [0.25, 0.3) is 0 Å². The molecule has 0 heterocycles. The maximum absolute atomic E-state index is 12.7. The first-order valence-corrected chi connectivity index (χ1v) is 6.99. The van der Waals surface area contributed by atoms with Gasteiger partial charge in [0.15, 0.2) is 15.9 Å². The molecule has 0 saturated carbocycles. The van der Waals surface area contributed by atoms with Crippen molar-refractivity contribution in [3.8, 4) is 0 Å². The summed E-state index contributed by atoms with van der Waals surface area (Å²) in [6.45, 7) is 3.75. The van der Waals surface area contributed by atoms with Gasteiger partial charge in [-0.15, -0.1) is 0 Å². The smallest absolute Gasteiger partial charge is 0.192 e. The molecule has 2 nitrogen and oxygen atoms in total. The van der Waals surface area contributed by atoms with Crippen LogP contribution in [0.3, 0.4) is 0 Å². The molecule has 0 N–H and O–H groups in total. The van der Waals surface area contributed by atoms with Gasteiger partial charge in [0, 0.05) is 11.1 Å². The number of Topliss-reactive ketones (excluding diaryl/α,β-unsaturated/α-hetero) is 2. The third-order valence-electron chi connectivity index (χ3n) is 3.59. The van der Waals surface area contributed by atoms with Crippen molar-refractivity contribution in [2.24, 2.45) is 0 Å². The number of hydrogen-bond acceptors (Lipinski definition) is 2. The zero-order chi connectivity index (χ0) is 14.3. The summed E-state index contributed by atoms with van der Waals surface area (Å²) in [6.07, 6.45) is 1.65. The fourth-order valence-electron chi connectivity index (χ4n) is 2.59. The molecule has 0 fully saturated rings. The minimum absolute atomic E-state index is 0.215. The first-order valence-electron chi connectivity index (χ1n) is 6.20. The Kier molecular flexibility index (Phi) is 2.94. The van der Waals surface area contributed by atoms with Crippen molar-refractivity contribution in [2.75, 3.05) is 0 Å². The van der Waals surface area contributed by atoms with Crippen LogP contribution in [0.15, 0.2) is 55.1 Å². The van der Waals surface area contributed by atoms with Crippen molar-refractivity contribution in [3.05, 3.63) is 77.4 Å². The first-order chi connectivity index (χ1) is 9.60. The maximum Gasteiger partial charge on any atom is 0.192 e. The van der Waals surface area contributed by atoms with Gasteiger partial charge in [0.05, 0.1) is 0 Å². The van der Waals surface area contributed by atoms with Gasteiger partial charge >= 0.3 is 0 Å². The molecule has 0 aliphatic heterocycles. The molecule has 20 heavy (non-hydrogen) atoms. The Bertz CT molecular complexity index is 711. The van der Waals surface area contributed by atoms with Crippen molar-refractivity contribution in [3.63, 3.8) is 0 Å². The summed E-state index contributed by atoms with van der Waals surface area (Å²) in [5.74, 6) is -0.431. The van der Waals surface area contributed by atoms with Gasteiger partial charge in [-0.25, -0.2) is 0 Å². The topological polar surface area (TPSA) is 34.1 Å². The number of fused-ring (bicyclic) bond motifs is 1. The Morgan fingerprint density at radius 3 is 1.95 bits per heavy atom. The lowest BCUT2D eigenvalue weighted by molar-refractivity contribution is 0.0871. The minimum Gasteiger partial charge on any atom is -0.292 e. The maximum atomic E-state index is 12.7. The standard InChI is InChI=1S/C17H11BrO2/c1-2-11-7-3-6-10-14(11)17(18)15(19)12-8-4-5-9-13(12)16(17)20/h2-10H,1H2. The summed E-state index contributed by atoms with van der Waals surface area (Å²) in [5.41, 5.74) is 2.35. The molecule has 1 aliphatic rings. The lowest BCUT2D eigenvalue weighted by atomic mass is 9.90. The first kappa shape index (κ1) is 13.0. The normalized spacial score (nSPS) is 16.1. The largest absolute Gasteiger partial charge is 0.292 e. The highest BCUT2D eigenvalue weighted by Crippen LogP contribution is 2.45. The van der Waals surface area contributed by atoms with E-state index in [4.69, 9.17) is 0 Å². The van der Waals surface area contributed by atoms with Crippen molar-refractivity contribution < 1.29 is 9.59 Å². The van der Waals surface area contributed by atoms with E-state index in [-0.39, 0.29) is 11.6 Å². The van der Waals surface area contributed by atoms with Crippen LogP contribution in [0.5, 0.6) is 0 Å². The molecule has 0 bridgehead atoms. The number of benzene rings is 2. The highest BCUT2D eigenvalue weighted by atomic mass is 79.9. The van der Waals surface area contributed by atoms with E-state index >= 15 is 0 Å². The highest BCUT2D eigenvalue weighted by Gasteiger charge is 2.52. The Morgan fingerprint density at radius 1 is 0.900 bits per heavy atom. The predicted molar refractivity (Wildman–Crippen MR) is 82.2 cm³/mol. The lowest BCUT2D eigenvalue weighted by Crippen LogP contribution is -2.32. The summed E-state index contributed by atoms with van der Waals surface area (Å²) in [5, 5.41) is 0. The van der Waals surface area contributed by atoms with Gasteiger partial charge in [-0.2, -0.15) is 0 Å². The molecule has 3 heteroatoms. The fourth-order valence-corrected chi connectivity index (χ4v) is 3.37. The third-order valence-corrected chi connectivity index (χ3v) is 4.74. The van der Waals surface area contributed by atoms with Gasteiger partial charge in [-0.1, -0.05) is 77.1 Å². The van der Waals surface area contributed by atoms with Crippen LogP contribution in [-0.2, 0) is 4.32 Å². The molecular weight excluding hydrogens is 316 g/mol. The molecule has 0 spiro atoms. The van der Waals surface area contributed by atoms with Gasteiger partial charge in [0.2, 0.25) is 0 Å². The second-order valence-electron chi connectivity index (χ2n) is 4.65. The van der Waals surface area contributed by atoms with Crippen LogP contribution in [0.4, 0.5) is 0 Å². The monoisotopic (exact) mass is 326 g/mol. The van der Waals surface area contributed by atoms with Gasteiger partial charge < -0.3 is 0 Å². The second-order valence-corrected chi connectivity index (χ2v) is 5.84. The Labute approximate surface area is 125 Å². The van der Waals surface area contributed by atoms with Crippen LogP contribution >= 0.6 is 15.9 Å². The molecule has 98 valence electrons. The molecule has 0 aromatic heterocycles. The summed E-state index contributed by atoms with van der Waals surface area (Å²) >= 11 is 3.41. The van der Waals surface area contributed by atoms with Crippen LogP contribution in [-0.4, -0.2) is 11.6 Å². The molecule has 0 saturated heterocycles. The van der Waals surface area contributed by atoms with Crippen LogP contribution in [0.2, 0.25) is 0 Å². The number of halogens is 1. The summed E-state index contributed by atoms with van der Waals surface area (Å²) in [4.78, 5) is 25.4. The molecule has 0 amide bonds. The quantitative estimate of drug-likeness (QED) is 0.617. The van der Waals surface area contributed by atoms with Gasteiger partial charge in [-0.3, -0.25) is 9.59 Å². The van der Waals surface area contributed by atoms with E-state index in [2.05, 4.69) is 22.5 Å². The fraction of sp³-hybridized carbons (Fsp3) is 0.0588. The van der Waals surface area contributed by atoms with E-state index in [9.17, 15) is 9.59 Å². The van der Waals surface area contributed by atoms with Crippen molar-refractivity contribution >= 4 is 33.6 Å². The van der Waals surface area contributed by atoms with Crippen LogP contribution in [0.1, 0.15) is 31.8 Å². The van der Waals surface area contributed by atoms with Crippen molar-refractivity contribution in [1.29, 1.82) is 0 Å². The predicted octanol–water partition coefficient (Wildman–Crippen LogP) is 4.00. The van der Waals surface area contributed by atoms with Crippen LogP contribution in [0, 0.1) is 0 Å². The molecule has 2 aromatic rings. The number of carbonyl (C=O) groups excluding carboxylic acids is 2. The SMILES string of the molecule is C=Cc1ccccc1C1(Br)C(=O)c2ccccc2C1=O. The van der Waals surface area contributed by atoms with E-state index < -0.39 is 4.32 Å². The summed E-state index contributed by atoms with van der Waals surface area (Å²) < 4.78 is -1.33. The summed E-state index contributed by atoms with van der Waals surface area (Å²) in [7, 11) is 0. The van der Waals surface area contributed by atoms with E-state index in [1.54, 1.807) is 36.4 Å². The van der Waals surface area contributed by atoms with E-state index in [1.807, 2.05) is 18.2 Å². The number of carbonyl (C=O) groups is 2. The molecule has 3 rings (SSSR count). The number of hydrogen-bond donors (Lipinski definition) is 0. The average Bonchev–Trinajstić information content (AvgIpc) is 2.70. The Morgan fingerprint density at radius 2 is 1.40 bits per heavy atom. The number of alkyl halides is 1. The average molecular weight is 327 g/mol. The molecule has 1 aliphatic carbocycles. The van der Waals surface area contributed by atoms with Crippen molar-refractivity contribution in [1.82, 2.24) is 0 Å². The summed E-state index contributed by atoms with van der Waals surface area (Å²) in [6, 6.07) is 14.2.